The second kappa shape index (κ2) is 5.66. The molecule has 0 unspecified atom stereocenters. The van der Waals surface area contributed by atoms with E-state index in [0.717, 1.165) is 50.5 Å². The van der Waals surface area contributed by atoms with Crippen molar-refractivity contribution in [2.24, 2.45) is 0 Å². The first-order valence-corrected chi connectivity index (χ1v) is 7.18. The van der Waals surface area contributed by atoms with Crippen molar-refractivity contribution in [3.63, 3.8) is 0 Å². The first-order valence-electron chi connectivity index (χ1n) is 7.18. The molecule has 0 radical (unpaired) electrons. The molecule has 3 rings (SSSR count). The molecule has 1 saturated carbocycles. The largest absolute Gasteiger partial charge is 0.354 e. The summed E-state index contributed by atoms with van der Waals surface area (Å²) in [6.07, 6.45) is 3.90. The monoisotopic (exact) mass is 275 g/mol. The molecule has 0 bridgehead atoms. The minimum absolute atomic E-state index is 0.137. The fourth-order valence-electron chi connectivity index (χ4n) is 2.26. The maximum absolute atomic E-state index is 11.6. The fraction of sp³-hybridized carbons (Fsp3) is 0.571. The first kappa shape index (κ1) is 13.2. The number of urea groups is 1. The van der Waals surface area contributed by atoms with Crippen LogP contribution in [0.25, 0.3) is 0 Å². The zero-order valence-electron chi connectivity index (χ0n) is 11.8. The number of nitrogens with zero attached hydrogens (tertiary/aromatic N) is 3. The molecule has 6 nitrogen and oxygen atoms in total. The zero-order chi connectivity index (χ0) is 13.9. The Morgan fingerprint density at radius 1 is 1.25 bits per heavy atom. The Morgan fingerprint density at radius 2 is 2.00 bits per heavy atom. The van der Waals surface area contributed by atoms with E-state index in [0.29, 0.717) is 6.04 Å². The van der Waals surface area contributed by atoms with Crippen LogP contribution in [-0.2, 0) is 0 Å². The predicted octanol–water partition coefficient (Wildman–Crippen LogP) is 1.12. The number of nitrogens with one attached hydrogen (secondary N) is 2. The number of piperazine rings is 1. The molecule has 1 aromatic heterocycles. The van der Waals surface area contributed by atoms with Crippen LogP contribution < -0.4 is 15.5 Å². The van der Waals surface area contributed by atoms with Gasteiger partial charge in [-0.15, -0.1) is 0 Å². The fourth-order valence-corrected chi connectivity index (χ4v) is 2.26. The van der Waals surface area contributed by atoms with Gasteiger partial charge in [0.05, 0.1) is 11.9 Å². The van der Waals surface area contributed by atoms with Gasteiger partial charge in [0.25, 0.3) is 0 Å². The van der Waals surface area contributed by atoms with Gasteiger partial charge in [-0.05, 0) is 32.0 Å². The molecule has 2 aliphatic rings. The highest BCUT2D eigenvalue weighted by Crippen LogP contribution is 2.19. The van der Waals surface area contributed by atoms with Crippen molar-refractivity contribution in [3.05, 3.63) is 18.3 Å². The third kappa shape index (κ3) is 3.39. The van der Waals surface area contributed by atoms with Gasteiger partial charge in [0, 0.05) is 32.2 Å². The molecule has 0 aromatic carbocycles. The van der Waals surface area contributed by atoms with Gasteiger partial charge in [-0.3, -0.25) is 0 Å². The van der Waals surface area contributed by atoms with Gasteiger partial charge in [-0.25, -0.2) is 9.78 Å². The number of pyridine rings is 1. The number of rotatable bonds is 3. The van der Waals surface area contributed by atoms with Crippen LogP contribution in [0.5, 0.6) is 0 Å². The van der Waals surface area contributed by atoms with Crippen LogP contribution >= 0.6 is 0 Å². The summed E-state index contributed by atoms with van der Waals surface area (Å²) in [4.78, 5) is 20.6. The molecule has 0 atom stereocenters. The molecule has 0 spiro atoms. The number of amides is 2. The maximum Gasteiger partial charge on any atom is 0.319 e. The zero-order valence-corrected chi connectivity index (χ0v) is 11.8. The summed E-state index contributed by atoms with van der Waals surface area (Å²) in [6.45, 7) is 4.12. The van der Waals surface area contributed by atoms with Crippen molar-refractivity contribution >= 4 is 17.5 Å². The molecule has 1 saturated heterocycles. The summed E-state index contributed by atoms with van der Waals surface area (Å²) in [5.41, 5.74) is 0.737. The highest BCUT2D eigenvalue weighted by molar-refractivity contribution is 5.89. The molecule has 2 N–H and O–H groups in total. The summed E-state index contributed by atoms with van der Waals surface area (Å²) in [5.74, 6) is 0.978. The highest BCUT2D eigenvalue weighted by atomic mass is 16.2. The molecule has 2 amide bonds. The summed E-state index contributed by atoms with van der Waals surface area (Å²) in [6, 6.07) is 4.11. The summed E-state index contributed by atoms with van der Waals surface area (Å²) < 4.78 is 0. The Kier molecular flexibility index (Phi) is 3.73. The molecule has 1 aliphatic carbocycles. The number of carbonyl (C=O) groups excluding carboxylic acids is 1. The molecule has 2 heterocycles. The van der Waals surface area contributed by atoms with E-state index in [1.807, 2.05) is 12.1 Å². The maximum atomic E-state index is 11.6. The molecule has 1 aliphatic heterocycles. The Bertz CT molecular complexity index is 463. The average molecular weight is 275 g/mol. The Hall–Kier alpha value is -1.82. The van der Waals surface area contributed by atoms with Crippen LogP contribution in [-0.4, -0.2) is 55.2 Å². The van der Waals surface area contributed by atoms with Crippen LogP contribution in [0.4, 0.5) is 16.3 Å². The van der Waals surface area contributed by atoms with E-state index in [4.69, 9.17) is 0 Å². The van der Waals surface area contributed by atoms with E-state index in [9.17, 15) is 4.79 Å². The van der Waals surface area contributed by atoms with Crippen molar-refractivity contribution in [1.29, 1.82) is 0 Å². The first-order chi connectivity index (χ1) is 9.70. The molecular formula is C14H21N5O. The quantitative estimate of drug-likeness (QED) is 0.868. The molecule has 108 valence electrons. The third-order valence-electron chi connectivity index (χ3n) is 3.75. The highest BCUT2D eigenvalue weighted by Gasteiger charge is 2.23. The van der Waals surface area contributed by atoms with Crippen molar-refractivity contribution < 1.29 is 4.79 Å². The van der Waals surface area contributed by atoms with Gasteiger partial charge >= 0.3 is 6.03 Å². The minimum Gasteiger partial charge on any atom is -0.354 e. The predicted molar refractivity (Wildman–Crippen MR) is 79.1 cm³/mol. The van der Waals surface area contributed by atoms with Gasteiger partial charge in [0.1, 0.15) is 5.82 Å². The molecule has 6 heteroatoms. The smallest absolute Gasteiger partial charge is 0.319 e. The van der Waals surface area contributed by atoms with E-state index < -0.39 is 0 Å². The summed E-state index contributed by atoms with van der Waals surface area (Å²) in [5, 5.41) is 5.70. The lowest BCUT2D eigenvalue weighted by Gasteiger charge is -2.33. The van der Waals surface area contributed by atoms with Gasteiger partial charge in [-0.1, -0.05) is 0 Å². The molecule has 1 aromatic rings. The van der Waals surface area contributed by atoms with E-state index in [1.165, 1.54) is 0 Å². The van der Waals surface area contributed by atoms with Crippen molar-refractivity contribution in [3.8, 4) is 0 Å². The number of hydrogen-bond acceptors (Lipinski definition) is 4. The van der Waals surface area contributed by atoms with E-state index in [-0.39, 0.29) is 6.03 Å². The second-order valence-corrected chi connectivity index (χ2v) is 5.57. The van der Waals surface area contributed by atoms with Gasteiger partial charge < -0.3 is 20.4 Å². The van der Waals surface area contributed by atoms with Crippen molar-refractivity contribution in [1.82, 2.24) is 15.2 Å². The lowest BCUT2D eigenvalue weighted by atomic mass is 10.3. The lowest BCUT2D eigenvalue weighted by molar-refractivity contribution is 0.251. The number of hydrogen-bond donors (Lipinski definition) is 2. The van der Waals surface area contributed by atoms with Crippen molar-refractivity contribution in [2.45, 2.75) is 18.9 Å². The summed E-state index contributed by atoms with van der Waals surface area (Å²) in [7, 11) is 2.14. The van der Waals surface area contributed by atoms with Crippen LogP contribution in [0.15, 0.2) is 18.3 Å². The SMILES string of the molecule is CN1CCN(c2ccc(NC(=O)NC3CC3)cn2)CC1. The third-order valence-corrected chi connectivity index (χ3v) is 3.75. The Morgan fingerprint density at radius 3 is 2.60 bits per heavy atom. The van der Waals surface area contributed by atoms with E-state index in [1.54, 1.807) is 6.20 Å². The standard InChI is InChI=1S/C14H21N5O/c1-18-6-8-19(9-7-18)13-5-4-12(10-15-13)17-14(20)16-11-2-3-11/h4-5,10-11H,2-3,6-9H2,1H3,(H2,16,17,20). The number of anilines is 2. The Balaban J connectivity index is 1.55. The van der Waals surface area contributed by atoms with Crippen LogP contribution in [0, 0.1) is 0 Å². The topological polar surface area (TPSA) is 60.5 Å². The molecule has 2 fully saturated rings. The van der Waals surface area contributed by atoms with E-state index in [2.05, 4.69) is 32.5 Å². The molecular weight excluding hydrogens is 254 g/mol. The van der Waals surface area contributed by atoms with Gasteiger partial charge in [0.15, 0.2) is 0 Å². The number of aromatic nitrogens is 1. The lowest BCUT2D eigenvalue weighted by Crippen LogP contribution is -2.44. The Labute approximate surface area is 119 Å². The van der Waals surface area contributed by atoms with Crippen LogP contribution in [0.3, 0.4) is 0 Å². The van der Waals surface area contributed by atoms with E-state index >= 15 is 0 Å². The van der Waals surface area contributed by atoms with Crippen LogP contribution in [0.2, 0.25) is 0 Å². The number of carbonyl (C=O) groups is 1. The normalized spacial score (nSPS) is 19.8. The van der Waals surface area contributed by atoms with Gasteiger partial charge in [0.2, 0.25) is 0 Å². The average Bonchev–Trinajstić information content (AvgIpc) is 3.24. The van der Waals surface area contributed by atoms with Crippen molar-refractivity contribution in [2.75, 3.05) is 43.4 Å². The molecule has 20 heavy (non-hydrogen) atoms. The minimum atomic E-state index is -0.137. The number of likely N-dealkylation sites (N-methyl/N-ethyl adjacent to an activating group) is 1. The van der Waals surface area contributed by atoms with Gasteiger partial charge in [-0.2, -0.15) is 0 Å². The summed E-state index contributed by atoms with van der Waals surface area (Å²) >= 11 is 0. The van der Waals surface area contributed by atoms with Crippen LogP contribution in [0.1, 0.15) is 12.8 Å². The second-order valence-electron chi connectivity index (χ2n) is 5.57.